The van der Waals surface area contributed by atoms with E-state index in [-0.39, 0.29) is 18.1 Å². The van der Waals surface area contributed by atoms with E-state index in [0.717, 1.165) is 38.0 Å². The van der Waals surface area contributed by atoms with Crippen molar-refractivity contribution in [2.45, 2.75) is 50.9 Å². The van der Waals surface area contributed by atoms with Crippen LogP contribution in [0.1, 0.15) is 49.9 Å². The quantitative estimate of drug-likeness (QED) is 0.328. The first-order valence-corrected chi connectivity index (χ1v) is 13.4. The number of halogens is 1. The summed E-state index contributed by atoms with van der Waals surface area (Å²) in [7, 11) is 1.87. The van der Waals surface area contributed by atoms with E-state index >= 15 is 0 Å². The molecule has 38 heavy (non-hydrogen) atoms. The van der Waals surface area contributed by atoms with Crippen LogP contribution < -0.4 is 0 Å². The Hall–Kier alpha value is -2.78. The molecule has 1 aromatic heterocycles. The number of likely N-dealkylation sites (tertiary alicyclic amines) is 1. The summed E-state index contributed by atoms with van der Waals surface area (Å²) in [4.78, 5) is 26.5. The monoisotopic (exact) mass is 538 g/mol. The summed E-state index contributed by atoms with van der Waals surface area (Å²) in [6.45, 7) is 7.44. The van der Waals surface area contributed by atoms with E-state index in [9.17, 15) is 9.90 Å². The number of hydrogen-bond donors (Lipinski definition) is 1. The highest BCUT2D eigenvalue weighted by atomic mass is 35.5. The fourth-order valence-corrected chi connectivity index (χ4v) is 5.48. The maximum absolute atomic E-state index is 12.3. The molecule has 8 nitrogen and oxygen atoms in total. The molecule has 0 unspecified atom stereocenters. The van der Waals surface area contributed by atoms with Crippen molar-refractivity contribution in [1.29, 1.82) is 0 Å². The smallest absolute Gasteiger partial charge is 0.226 e. The summed E-state index contributed by atoms with van der Waals surface area (Å²) in [5.41, 5.74) is 4.57. The fraction of sp³-hybridized carbons (Fsp3) is 0.483. The molecule has 0 atom stereocenters. The summed E-state index contributed by atoms with van der Waals surface area (Å²) >= 11 is 6.03. The van der Waals surface area contributed by atoms with E-state index in [0.29, 0.717) is 36.0 Å². The summed E-state index contributed by atoms with van der Waals surface area (Å²) < 4.78 is 6.33. The third kappa shape index (κ3) is 5.94. The molecular weight excluding hydrogens is 504 g/mol. The highest BCUT2D eigenvalue weighted by Gasteiger charge is 2.46. The van der Waals surface area contributed by atoms with Crippen LogP contribution in [0, 0.1) is 0 Å². The lowest BCUT2D eigenvalue weighted by atomic mass is 9.80. The topological polar surface area (TPSA) is 87.5 Å². The Labute approximate surface area is 228 Å². The van der Waals surface area contributed by atoms with Gasteiger partial charge in [0.2, 0.25) is 5.91 Å². The number of oxime groups is 1. The van der Waals surface area contributed by atoms with E-state index in [4.69, 9.17) is 21.2 Å². The van der Waals surface area contributed by atoms with Crippen LogP contribution >= 0.6 is 11.6 Å². The predicted octanol–water partition coefficient (Wildman–Crippen LogP) is 3.80. The number of rotatable bonds is 7. The standard InChI is InChI=1S/C29H35ClN4O4/c1-28(2,36)19-38-32-27(25-9-8-23(30)15-31-25)21-6-4-20(5-7-21)16-34-12-10-29(11-13-34)24-14-26(35)33(3)17-22(24)18-37-29/h4-9,15,36H,10-14,16-19H2,1-3H3. The number of pyridine rings is 1. The number of piperidine rings is 1. The van der Waals surface area contributed by atoms with Crippen molar-refractivity contribution in [2.75, 3.05) is 39.9 Å². The summed E-state index contributed by atoms with van der Waals surface area (Å²) in [6, 6.07) is 11.8. The Kier molecular flexibility index (Phi) is 7.60. The van der Waals surface area contributed by atoms with Gasteiger partial charge in [-0.15, -0.1) is 0 Å². The number of aliphatic hydroxyl groups is 1. The van der Waals surface area contributed by atoms with E-state index in [1.54, 1.807) is 37.1 Å². The molecule has 4 heterocycles. The zero-order valence-corrected chi connectivity index (χ0v) is 23.0. The van der Waals surface area contributed by atoms with Crippen LogP contribution in [0.15, 0.2) is 58.9 Å². The van der Waals surface area contributed by atoms with Crippen molar-refractivity contribution in [3.8, 4) is 0 Å². The average Bonchev–Trinajstić information content (AvgIpc) is 3.21. The van der Waals surface area contributed by atoms with Crippen LogP contribution in [0.2, 0.25) is 5.02 Å². The van der Waals surface area contributed by atoms with Crippen LogP contribution in [-0.2, 0) is 20.9 Å². The van der Waals surface area contributed by atoms with Crippen LogP contribution in [0.5, 0.6) is 0 Å². The number of carbonyl (C=O) groups excluding carboxylic acids is 1. The van der Waals surface area contributed by atoms with Crippen LogP contribution in [0.3, 0.4) is 0 Å². The van der Waals surface area contributed by atoms with Gasteiger partial charge in [-0.25, -0.2) is 0 Å². The number of nitrogens with zero attached hydrogens (tertiary/aromatic N) is 4. The molecule has 0 aliphatic carbocycles. The number of ether oxygens (including phenoxy) is 1. The lowest BCUT2D eigenvalue weighted by molar-refractivity contribution is -0.129. The van der Waals surface area contributed by atoms with Gasteiger partial charge in [0, 0.05) is 45.0 Å². The zero-order chi connectivity index (χ0) is 26.9. The van der Waals surface area contributed by atoms with Gasteiger partial charge in [-0.2, -0.15) is 0 Å². The number of aromatic nitrogens is 1. The van der Waals surface area contributed by atoms with Crippen molar-refractivity contribution < 1.29 is 19.5 Å². The van der Waals surface area contributed by atoms with Crippen molar-refractivity contribution in [1.82, 2.24) is 14.8 Å². The van der Waals surface area contributed by atoms with Gasteiger partial charge >= 0.3 is 0 Å². The van der Waals surface area contributed by atoms with E-state index in [1.807, 2.05) is 19.2 Å². The number of fused-ring (bicyclic) bond motifs is 1. The fourth-order valence-electron chi connectivity index (χ4n) is 5.37. The molecule has 9 heteroatoms. The Morgan fingerprint density at radius 2 is 1.95 bits per heavy atom. The molecule has 0 saturated carbocycles. The highest BCUT2D eigenvalue weighted by molar-refractivity contribution is 6.30. The molecule has 1 N–H and O–H groups in total. The molecule has 1 amide bonds. The third-order valence-electron chi connectivity index (χ3n) is 7.52. The summed E-state index contributed by atoms with van der Waals surface area (Å²) in [5, 5.41) is 14.8. The van der Waals surface area contributed by atoms with Crippen molar-refractivity contribution in [3.05, 3.63) is 75.6 Å². The third-order valence-corrected chi connectivity index (χ3v) is 7.75. The summed E-state index contributed by atoms with van der Waals surface area (Å²) in [6.07, 6.45) is 3.91. The van der Waals surface area contributed by atoms with Gasteiger partial charge in [0.1, 0.15) is 12.3 Å². The first-order chi connectivity index (χ1) is 18.1. The molecule has 1 aromatic carbocycles. The zero-order valence-electron chi connectivity index (χ0n) is 22.2. The average molecular weight is 539 g/mol. The van der Waals surface area contributed by atoms with Gasteiger partial charge in [0.25, 0.3) is 0 Å². The van der Waals surface area contributed by atoms with Gasteiger partial charge < -0.3 is 19.6 Å². The molecule has 1 saturated heterocycles. The molecule has 202 valence electrons. The molecule has 3 aliphatic heterocycles. The molecule has 0 bridgehead atoms. The number of likely N-dealkylation sites (N-methyl/N-ethyl adjacent to an activating group) is 1. The molecule has 3 aliphatic rings. The molecular formula is C29H35ClN4O4. The molecule has 0 radical (unpaired) electrons. The van der Waals surface area contributed by atoms with Crippen molar-refractivity contribution >= 4 is 23.2 Å². The largest absolute Gasteiger partial charge is 0.392 e. The van der Waals surface area contributed by atoms with E-state index in [1.165, 1.54) is 16.7 Å². The highest BCUT2D eigenvalue weighted by Crippen LogP contribution is 2.44. The predicted molar refractivity (Wildman–Crippen MR) is 146 cm³/mol. The Balaban J connectivity index is 1.24. The Morgan fingerprint density at radius 1 is 1.21 bits per heavy atom. The van der Waals surface area contributed by atoms with Crippen LogP contribution in [0.4, 0.5) is 0 Å². The van der Waals surface area contributed by atoms with Gasteiger partial charge in [-0.05, 0) is 55.5 Å². The number of hydrogen-bond acceptors (Lipinski definition) is 7. The first kappa shape index (κ1) is 26.8. The number of carbonyl (C=O) groups is 1. The molecule has 5 rings (SSSR count). The Morgan fingerprint density at radius 3 is 2.61 bits per heavy atom. The van der Waals surface area contributed by atoms with E-state index < -0.39 is 5.60 Å². The second kappa shape index (κ2) is 10.8. The van der Waals surface area contributed by atoms with Gasteiger partial charge in [-0.3, -0.25) is 14.7 Å². The molecule has 1 fully saturated rings. The van der Waals surface area contributed by atoms with Crippen molar-refractivity contribution in [2.24, 2.45) is 5.16 Å². The minimum Gasteiger partial charge on any atom is -0.392 e. The van der Waals surface area contributed by atoms with Gasteiger partial charge in [0.15, 0.2) is 0 Å². The first-order valence-electron chi connectivity index (χ1n) is 13.1. The number of benzene rings is 1. The maximum Gasteiger partial charge on any atom is 0.226 e. The normalized spacial score (nSPS) is 20.3. The Bertz CT molecular complexity index is 1230. The van der Waals surface area contributed by atoms with E-state index in [2.05, 4.69) is 27.2 Å². The maximum atomic E-state index is 12.3. The lowest BCUT2D eigenvalue weighted by Crippen LogP contribution is -2.46. The number of amides is 1. The van der Waals surface area contributed by atoms with Crippen molar-refractivity contribution in [3.63, 3.8) is 0 Å². The SMILES string of the molecule is CN1CC2=C(CC1=O)C1(CCN(Cc3ccc(C(=NOCC(C)(C)O)c4ccc(Cl)cn4)cc3)CC1)OC2. The second-order valence-electron chi connectivity index (χ2n) is 11.2. The molecule has 1 spiro atoms. The minimum atomic E-state index is -0.997. The van der Waals surface area contributed by atoms with Gasteiger partial charge in [0.05, 0.1) is 34.9 Å². The minimum absolute atomic E-state index is 0.0611. The second-order valence-corrected chi connectivity index (χ2v) is 11.6. The lowest BCUT2D eigenvalue weighted by Gasteiger charge is -2.41. The van der Waals surface area contributed by atoms with Crippen LogP contribution in [0.25, 0.3) is 0 Å². The molecule has 2 aromatic rings. The summed E-state index contributed by atoms with van der Waals surface area (Å²) in [5.74, 6) is 0.193. The van der Waals surface area contributed by atoms with Gasteiger partial charge in [-0.1, -0.05) is 41.0 Å². The van der Waals surface area contributed by atoms with Crippen LogP contribution in [-0.4, -0.2) is 82.6 Å².